The third-order valence-electron chi connectivity index (χ3n) is 6.18. The molecular formula is C31H48N6O9. The molecule has 256 valence electrons. The van der Waals surface area contributed by atoms with E-state index in [4.69, 9.17) is 42.6 Å². The van der Waals surface area contributed by atoms with Crippen molar-refractivity contribution >= 4 is 11.7 Å². The van der Waals surface area contributed by atoms with Crippen LogP contribution in [0.3, 0.4) is 0 Å². The molecule has 15 heteroatoms. The second-order valence-electron chi connectivity index (χ2n) is 9.52. The van der Waals surface area contributed by atoms with Crippen molar-refractivity contribution in [3.05, 3.63) is 53.6 Å². The molecule has 3 heterocycles. The number of amidine groups is 2. The largest absolute Gasteiger partial charge is 0.490 e. The third-order valence-corrected chi connectivity index (χ3v) is 6.18. The molecular weight excluding hydrogens is 600 g/mol. The topological polar surface area (TPSA) is 158 Å². The Bertz CT molecular complexity index is 1120. The Kier molecular flexibility index (Phi) is 20.1. The SMILES string of the molecule is CCc1cccnc1C1=NNC(c2ccc(OCCOCCOCCOCCOCCOCCOCCOCCOC)cn2)=NN1. The predicted octanol–water partition coefficient (Wildman–Crippen LogP) is 1.40. The average Bonchev–Trinajstić information content (AvgIpc) is 3.10. The Hall–Kier alpha value is -3.28. The lowest BCUT2D eigenvalue weighted by Crippen LogP contribution is -2.35. The van der Waals surface area contributed by atoms with Crippen LogP contribution in [0.25, 0.3) is 0 Å². The van der Waals surface area contributed by atoms with Gasteiger partial charge in [0.25, 0.3) is 0 Å². The summed E-state index contributed by atoms with van der Waals surface area (Å²) in [6, 6.07) is 7.56. The fraction of sp³-hybridized carbons (Fsp3) is 0.613. The number of ether oxygens (including phenoxy) is 9. The lowest BCUT2D eigenvalue weighted by atomic mass is 10.1. The molecule has 0 radical (unpaired) electrons. The number of hydrogen-bond acceptors (Lipinski definition) is 15. The quantitative estimate of drug-likeness (QED) is 0.128. The number of nitrogens with one attached hydrogen (secondary N) is 2. The molecule has 3 rings (SSSR count). The Morgan fingerprint density at radius 3 is 1.52 bits per heavy atom. The number of aryl methyl sites for hydroxylation is 1. The lowest BCUT2D eigenvalue weighted by Gasteiger charge is -2.15. The van der Waals surface area contributed by atoms with E-state index in [2.05, 4.69) is 37.9 Å². The predicted molar refractivity (Wildman–Crippen MR) is 170 cm³/mol. The summed E-state index contributed by atoms with van der Waals surface area (Å²) in [6.45, 7) is 10.2. The van der Waals surface area contributed by atoms with Gasteiger partial charge < -0.3 is 42.6 Å². The van der Waals surface area contributed by atoms with Gasteiger partial charge in [0.1, 0.15) is 23.7 Å². The van der Waals surface area contributed by atoms with Gasteiger partial charge in [0, 0.05) is 13.3 Å². The molecule has 2 aromatic heterocycles. The molecule has 46 heavy (non-hydrogen) atoms. The molecule has 0 bridgehead atoms. The molecule has 0 fully saturated rings. The van der Waals surface area contributed by atoms with Gasteiger partial charge in [-0.25, -0.2) is 4.98 Å². The molecule has 0 amide bonds. The molecule has 0 aromatic carbocycles. The second-order valence-corrected chi connectivity index (χ2v) is 9.52. The summed E-state index contributed by atoms with van der Waals surface area (Å²) >= 11 is 0. The first-order valence-electron chi connectivity index (χ1n) is 15.6. The van der Waals surface area contributed by atoms with Gasteiger partial charge in [-0.3, -0.25) is 15.8 Å². The van der Waals surface area contributed by atoms with E-state index < -0.39 is 0 Å². The molecule has 15 nitrogen and oxygen atoms in total. The maximum absolute atomic E-state index is 5.70. The van der Waals surface area contributed by atoms with E-state index in [1.54, 1.807) is 19.5 Å². The van der Waals surface area contributed by atoms with Gasteiger partial charge in [0.05, 0.1) is 105 Å². The van der Waals surface area contributed by atoms with Crippen LogP contribution < -0.4 is 15.6 Å². The number of methoxy groups -OCH3 is 1. The molecule has 2 N–H and O–H groups in total. The monoisotopic (exact) mass is 648 g/mol. The first kappa shape index (κ1) is 37.2. The van der Waals surface area contributed by atoms with Crippen LogP contribution in [0.2, 0.25) is 0 Å². The van der Waals surface area contributed by atoms with Gasteiger partial charge >= 0.3 is 0 Å². The summed E-state index contributed by atoms with van der Waals surface area (Å²) in [5.74, 6) is 1.70. The highest BCUT2D eigenvalue weighted by Crippen LogP contribution is 2.11. The zero-order valence-electron chi connectivity index (χ0n) is 26.9. The third kappa shape index (κ3) is 15.8. The fourth-order valence-corrected chi connectivity index (χ4v) is 3.81. The molecule has 1 aliphatic rings. The highest BCUT2D eigenvalue weighted by atomic mass is 16.6. The van der Waals surface area contributed by atoms with Crippen molar-refractivity contribution in [1.82, 2.24) is 20.8 Å². The van der Waals surface area contributed by atoms with Crippen LogP contribution in [-0.2, 0) is 44.3 Å². The van der Waals surface area contributed by atoms with Gasteiger partial charge in [0.15, 0.2) is 11.7 Å². The standard InChI is InChI=1S/C31H48N6O9/c1-3-26-5-4-8-32-29(26)31-36-34-30(35-37-31)28-7-6-27(25-33-28)46-24-23-45-22-21-44-20-19-43-18-17-42-16-15-41-14-13-40-12-11-39-10-9-38-2/h4-8,25H,3,9-24H2,1-2H3,(H,34,35)(H,36,37). The summed E-state index contributed by atoms with van der Waals surface area (Å²) in [7, 11) is 1.64. The van der Waals surface area contributed by atoms with Gasteiger partial charge in [0.2, 0.25) is 0 Å². The van der Waals surface area contributed by atoms with E-state index in [0.29, 0.717) is 129 Å². The zero-order valence-corrected chi connectivity index (χ0v) is 26.9. The van der Waals surface area contributed by atoms with Crippen molar-refractivity contribution in [2.24, 2.45) is 10.2 Å². The van der Waals surface area contributed by atoms with E-state index >= 15 is 0 Å². The fourth-order valence-electron chi connectivity index (χ4n) is 3.81. The summed E-state index contributed by atoms with van der Waals surface area (Å²) in [5.41, 5.74) is 8.38. The first-order chi connectivity index (χ1) is 22.8. The average molecular weight is 649 g/mol. The maximum atomic E-state index is 5.70. The van der Waals surface area contributed by atoms with E-state index in [0.717, 1.165) is 17.7 Å². The minimum absolute atomic E-state index is 0.395. The van der Waals surface area contributed by atoms with E-state index in [9.17, 15) is 0 Å². The summed E-state index contributed by atoms with van der Waals surface area (Å²) in [6.07, 6.45) is 4.22. The van der Waals surface area contributed by atoms with Crippen molar-refractivity contribution in [3.8, 4) is 5.75 Å². The van der Waals surface area contributed by atoms with E-state index in [-0.39, 0.29) is 0 Å². The Balaban J connectivity index is 1.07. The molecule has 0 atom stereocenters. The highest BCUT2D eigenvalue weighted by molar-refractivity contribution is 6.04. The van der Waals surface area contributed by atoms with E-state index in [1.807, 2.05) is 24.3 Å². The lowest BCUT2D eigenvalue weighted by molar-refractivity contribution is -0.0227. The Morgan fingerprint density at radius 2 is 1.07 bits per heavy atom. The molecule has 0 spiro atoms. The molecule has 0 saturated heterocycles. The summed E-state index contributed by atoms with van der Waals surface area (Å²) < 4.78 is 48.8. The Morgan fingerprint density at radius 1 is 0.565 bits per heavy atom. The number of hydrogen-bond donors (Lipinski definition) is 2. The Labute approximate surface area is 270 Å². The van der Waals surface area contributed by atoms with Crippen LogP contribution in [-0.4, -0.2) is 134 Å². The van der Waals surface area contributed by atoms with E-state index in [1.165, 1.54) is 0 Å². The first-order valence-corrected chi connectivity index (χ1v) is 15.6. The van der Waals surface area contributed by atoms with Crippen molar-refractivity contribution in [1.29, 1.82) is 0 Å². The smallest absolute Gasteiger partial charge is 0.192 e. The van der Waals surface area contributed by atoms with Crippen molar-refractivity contribution < 1.29 is 42.6 Å². The zero-order chi connectivity index (χ0) is 32.3. The van der Waals surface area contributed by atoms with Crippen LogP contribution in [0.15, 0.2) is 46.9 Å². The minimum atomic E-state index is 0.395. The molecule has 2 aromatic rings. The van der Waals surface area contributed by atoms with Crippen LogP contribution >= 0.6 is 0 Å². The molecule has 0 aliphatic carbocycles. The summed E-state index contributed by atoms with van der Waals surface area (Å²) in [5, 5.41) is 8.72. The molecule has 0 unspecified atom stereocenters. The van der Waals surface area contributed by atoms with Crippen molar-refractivity contribution in [2.45, 2.75) is 13.3 Å². The second kappa shape index (κ2) is 24.9. The van der Waals surface area contributed by atoms with Gasteiger partial charge in [-0.2, -0.15) is 10.2 Å². The number of nitrogens with zero attached hydrogens (tertiary/aromatic N) is 4. The van der Waals surface area contributed by atoms with Crippen LogP contribution in [0.5, 0.6) is 5.75 Å². The van der Waals surface area contributed by atoms with Crippen LogP contribution in [0.1, 0.15) is 23.9 Å². The van der Waals surface area contributed by atoms with Gasteiger partial charge in [-0.05, 0) is 30.2 Å². The number of hydrazone groups is 2. The van der Waals surface area contributed by atoms with Gasteiger partial charge in [-0.15, -0.1) is 0 Å². The molecule has 1 aliphatic heterocycles. The maximum Gasteiger partial charge on any atom is 0.192 e. The number of aromatic nitrogens is 2. The van der Waals surface area contributed by atoms with Gasteiger partial charge in [-0.1, -0.05) is 13.0 Å². The summed E-state index contributed by atoms with van der Waals surface area (Å²) in [4.78, 5) is 8.81. The van der Waals surface area contributed by atoms with Crippen molar-refractivity contribution in [3.63, 3.8) is 0 Å². The van der Waals surface area contributed by atoms with Crippen LogP contribution in [0.4, 0.5) is 0 Å². The highest BCUT2D eigenvalue weighted by Gasteiger charge is 2.15. The number of rotatable bonds is 28. The normalized spacial score (nSPS) is 12.7. The molecule has 0 saturated carbocycles. The minimum Gasteiger partial charge on any atom is -0.490 e. The van der Waals surface area contributed by atoms with Crippen LogP contribution in [0, 0.1) is 0 Å². The number of pyridine rings is 2. The van der Waals surface area contributed by atoms with Crippen molar-refractivity contribution in [2.75, 3.05) is 113 Å².